The first-order valence-electron chi connectivity index (χ1n) is 29.4. The van der Waals surface area contributed by atoms with E-state index >= 15 is 0 Å². The average Bonchev–Trinajstić information content (AvgIpc) is 3.37. The lowest BCUT2D eigenvalue weighted by atomic mass is 9.97. The van der Waals surface area contributed by atoms with E-state index in [9.17, 15) is 45.6 Å². The number of aliphatic hydroxyl groups excluding tert-OH is 8. The van der Waals surface area contributed by atoms with Crippen molar-refractivity contribution in [3.05, 3.63) is 12.2 Å². The minimum absolute atomic E-state index is 0.234. The van der Waals surface area contributed by atoms with Gasteiger partial charge in [0.2, 0.25) is 5.91 Å². The Bertz CT molecular complexity index is 1240. The highest BCUT2D eigenvalue weighted by Crippen LogP contribution is 2.30. The lowest BCUT2D eigenvalue weighted by Gasteiger charge is -2.46. The number of hydrogen-bond acceptors (Lipinski definition) is 13. The molecule has 14 nitrogen and oxygen atoms in total. The minimum Gasteiger partial charge on any atom is -0.394 e. The maximum absolute atomic E-state index is 13.2. The lowest BCUT2D eigenvalue weighted by Crippen LogP contribution is -2.65. The number of amides is 1. The van der Waals surface area contributed by atoms with Crippen LogP contribution in [-0.2, 0) is 23.7 Å². The average molecular weight is 1020 g/mol. The molecule has 2 saturated heterocycles. The zero-order valence-electron chi connectivity index (χ0n) is 45.0. The second-order valence-electron chi connectivity index (χ2n) is 21.1. The van der Waals surface area contributed by atoms with Crippen molar-refractivity contribution in [1.29, 1.82) is 0 Å². The molecule has 4 unspecified atom stereocenters. The summed E-state index contributed by atoms with van der Waals surface area (Å²) in [5.74, 6) is -0.234. The summed E-state index contributed by atoms with van der Waals surface area (Å²) in [5, 5.41) is 87.0. The molecule has 14 heteroatoms. The van der Waals surface area contributed by atoms with E-state index in [1.165, 1.54) is 186 Å². The van der Waals surface area contributed by atoms with E-state index in [0.29, 0.717) is 6.42 Å². The van der Waals surface area contributed by atoms with Gasteiger partial charge in [-0.2, -0.15) is 0 Å². The number of hydrogen-bond donors (Lipinski definition) is 9. The van der Waals surface area contributed by atoms with Gasteiger partial charge in [-0.15, -0.1) is 0 Å². The number of unbranched alkanes of at least 4 members (excludes halogenated alkanes) is 34. The van der Waals surface area contributed by atoms with Gasteiger partial charge in [-0.25, -0.2) is 0 Å². The molecule has 0 spiro atoms. The molecule has 2 fully saturated rings. The summed E-state index contributed by atoms with van der Waals surface area (Å²) in [5.41, 5.74) is 0. The Morgan fingerprint density at radius 1 is 0.493 bits per heavy atom. The van der Waals surface area contributed by atoms with Gasteiger partial charge >= 0.3 is 0 Å². The molecule has 2 heterocycles. The fraction of sp³-hybridized carbons (Fsp3) is 0.947. The maximum atomic E-state index is 13.2. The quantitative estimate of drug-likeness (QED) is 0.0205. The van der Waals surface area contributed by atoms with Crippen LogP contribution in [0.3, 0.4) is 0 Å². The van der Waals surface area contributed by atoms with Gasteiger partial charge in [0.05, 0.1) is 32.0 Å². The van der Waals surface area contributed by atoms with E-state index in [-0.39, 0.29) is 18.9 Å². The maximum Gasteiger partial charge on any atom is 0.220 e. The van der Waals surface area contributed by atoms with Crippen molar-refractivity contribution >= 4 is 5.91 Å². The number of nitrogens with one attached hydrogen (secondary N) is 1. The van der Waals surface area contributed by atoms with Crippen molar-refractivity contribution in [3.63, 3.8) is 0 Å². The molecule has 0 bridgehead atoms. The number of carbonyl (C=O) groups excluding carboxylic acids is 1. The summed E-state index contributed by atoms with van der Waals surface area (Å²) < 4.78 is 22.8. The lowest BCUT2D eigenvalue weighted by molar-refractivity contribution is -0.359. The van der Waals surface area contributed by atoms with Gasteiger partial charge in [0.25, 0.3) is 0 Å². The molecule has 2 rings (SSSR count). The van der Waals surface area contributed by atoms with Gasteiger partial charge in [0.15, 0.2) is 12.6 Å². The van der Waals surface area contributed by atoms with Crippen LogP contribution >= 0.6 is 0 Å². The van der Waals surface area contributed by atoms with Crippen LogP contribution in [-0.4, -0.2) is 140 Å². The number of aliphatic hydroxyl groups is 8. The summed E-state index contributed by atoms with van der Waals surface area (Å²) in [4.78, 5) is 13.2. The second-order valence-corrected chi connectivity index (χ2v) is 21.1. The minimum atomic E-state index is -1.78. The van der Waals surface area contributed by atoms with E-state index < -0.39 is 86.8 Å². The van der Waals surface area contributed by atoms with Gasteiger partial charge in [-0.1, -0.05) is 238 Å². The van der Waals surface area contributed by atoms with Crippen LogP contribution in [0.2, 0.25) is 0 Å². The summed E-state index contributed by atoms with van der Waals surface area (Å²) in [6, 6.07) is -0.908. The third kappa shape index (κ3) is 30.2. The van der Waals surface area contributed by atoms with Gasteiger partial charge in [0, 0.05) is 6.42 Å². The summed E-state index contributed by atoms with van der Waals surface area (Å²) in [7, 11) is 0. The highest BCUT2D eigenvalue weighted by atomic mass is 16.7. The van der Waals surface area contributed by atoms with Gasteiger partial charge in [-0.3, -0.25) is 4.79 Å². The van der Waals surface area contributed by atoms with Crippen molar-refractivity contribution < 1.29 is 64.6 Å². The third-order valence-electron chi connectivity index (χ3n) is 14.7. The Hall–Kier alpha value is -1.27. The van der Waals surface area contributed by atoms with E-state index in [1.54, 1.807) is 6.08 Å². The molecule has 0 aromatic carbocycles. The van der Waals surface area contributed by atoms with Gasteiger partial charge < -0.3 is 65.1 Å². The molecule has 2 aliphatic rings. The predicted molar refractivity (Wildman–Crippen MR) is 282 cm³/mol. The Kier molecular flexibility index (Phi) is 40.7. The Balaban J connectivity index is 1.74. The monoisotopic (exact) mass is 1020 g/mol. The molecule has 420 valence electrons. The highest BCUT2D eigenvalue weighted by molar-refractivity contribution is 5.76. The third-order valence-corrected chi connectivity index (χ3v) is 14.7. The van der Waals surface area contributed by atoms with Crippen LogP contribution in [0.15, 0.2) is 12.2 Å². The Morgan fingerprint density at radius 3 is 1.30 bits per heavy atom. The Labute approximate surface area is 431 Å². The molecule has 0 aromatic heterocycles. The molecular weight excluding hydrogens is 907 g/mol. The fourth-order valence-corrected chi connectivity index (χ4v) is 9.94. The molecule has 2 aliphatic heterocycles. The molecule has 0 saturated carbocycles. The number of rotatable bonds is 47. The molecule has 71 heavy (non-hydrogen) atoms. The van der Waals surface area contributed by atoms with Crippen molar-refractivity contribution in [3.8, 4) is 0 Å². The number of ether oxygens (including phenoxy) is 4. The molecular formula is C57H109NO13. The van der Waals surface area contributed by atoms with Crippen molar-refractivity contribution in [2.45, 2.75) is 325 Å². The summed E-state index contributed by atoms with van der Waals surface area (Å²) in [6.45, 7) is 2.82. The molecule has 0 aliphatic carbocycles. The Morgan fingerprint density at radius 2 is 0.873 bits per heavy atom. The SMILES string of the molecule is CCCCCCCCCCCCCC/C=C/[C@@H](O)[C@H](CO[C@@H]1O[C@H](CO)[C@@H](O[C@@H]2O[C@H](CO)[C@H](O)C(O)C2O)C(O)C1O)NC(=O)CCCCCCCCCCCCCCCCCCCCCCCCC. The van der Waals surface area contributed by atoms with Gasteiger partial charge in [-0.05, 0) is 19.3 Å². The van der Waals surface area contributed by atoms with Crippen LogP contribution in [0.5, 0.6) is 0 Å². The molecule has 9 N–H and O–H groups in total. The van der Waals surface area contributed by atoms with E-state index in [2.05, 4.69) is 19.2 Å². The van der Waals surface area contributed by atoms with E-state index in [1.807, 2.05) is 6.08 Å². The highest BCUT2D eigenvalue weighted by Gasteiger charge is 2.51. The fourth-order valence-electron chi connectivity index (χ4n) is 9.94. The van der Waals surface area contributed by atoms with Crippen LogP contribution in [0.4, 0.5) is 0 Å². The van der Waals surface area contributed by atoms with Crippen molar-refractivity contribution in [2.24, 2.45) is 0 Å². The standard InChI is InChI=1S/C57H109NO13/c1-3-5-7-9-11-13-15-17-19-20-21-22-23-24-25-26-27-29-31-33-35-37-39-41-49(62)58-45(46(61)40-38-36-34-32-30-28-18-16-14-12-10-8-6-4-2)44-68-56-54(67)52(65)55(48(43-60)70-56)71-57-53(66)51(64)50(63)47(42-59)69-57/h38,40,45-48,50-57,59-61,63-67H,3-37,39,41-44H2,1-2H3,(H,58,62)/b40-38+/t45-,46+,47+,48+,50-,51?,52?,53?,54?,55+,56+,57-/m0/s1. The first-order valence-corrected chi connectivity index (χ1v) is 29.4. The summed E-state index contributed by atoms with van der Waals surface area (Å²) >= 11 is 0. The number of allylic oxidation sites excluding steroid dienone is 1. The number of carbonyl (C=O) groups is 1. The zero-order chi connectivity index (χ0) is 51.7. The second kappa shape index (κ2) is 43.9. The smallest absolute Gasteiger partial charge is 0.220 e. The zero-order valence-corrected chi connectivity index (χ0v) is 45.0. The topological polar surface area (TPSA) is 228 Å². The van der Waals surface area contributed by atoms with Crippen LogP contribution in [0, 0.1) is 0 Å². The molecule has 0 aromatic rings. The summed E-state index contributed by atoms with van der Waals surface area (Å²) in [6.07, 6.45) is 32.5. The first kappa shape index (κ1) is 65.8. The largest absolute Gasteiger partial charge is 0.394 e. The first-order chi connectivity index (χ1) is 34.6. The normalized spacial score (nSPS) is 25.8. The van der Waals surface area contributed by atoms with Crippen LogP contribution < -0.4 is 5.32 Å². The predicted octanol–water partition coefficient (Wildman–Crippen LogP) is 9.50. The van der Waals surface area contributed by atoms with Crippen molar-refractivity contribution in [2.75, 3.05) is 19.8 Å². The van der Waals surface area contributed by atoms with Crippen LogP contribution in [0.1, 0.15) is 251 Å². The van der Waals surface area contributed by atoms with E-state index in [0.717, 1.165) is 38.5 Å². The molecule has 1 amide bonds. The van der Waals surface area contributed by atoms with Crippen LogP contribution in [0.25, 0.3) is 0 Å². The van der Waals surface area contributed by atoms with E-state index in [4.69, 9.17) is 18.9 Å². The van der Waals surface area contributed by atoms with Crippen molar-refractivity contribution in [1.82, 2.24) is 5.32 Å². The molecule has 12 atom stereocenters. The molecule has 0 radical (unpaired) electrons. The van der Waals surface area contributed by atoms with Gasteiger partial charge in [0.1, 0.15) is 48.8 Å².